The van der Waals surface area contributed by atoms with E-state index in [-0.39, 0.29) is 0 Å². The lowest BCUT2D eigenvalue weighted by atomic mass is 9.99. The van der Waals surface area contributed by atoms with Crippen molar-refractivity contribution in [2.45, 2.75) is 33.3 Å². The number of nitrogens with zero attached hydrogens (tertiary/aromatic N) is 2. The van der Waals surface area contributed by atoms with Crippen LogP contribution in [-0.2, 0) is 6.42 Å². The molecule has 3 nitrogen and oxygen atoms in total. The average molecular weight is 248 g/mol. The Kier molecular flexibility index (Phi) is 3.54. The van der Waals surface area contributed by atoms with Crippen LogP contribution in [0.1, 0.15) is 40.3 Å². The van der Waals surface area contributed by atoms with Crippen LogP contribution in [0.15, 0.2) is 18.2 Å². The fraction of sp³-hybridized carbons (Fsp3) is 0.385. The SMILES string of the molecule is CCc1nnsc1C(O)c1cc(C)ccc1C. The molecule has 0 amide bonds. The zero-order chi connectivity index (χ0) is 12.4. The second kappa shape index (κ2) is 4.94. The summed E-state index contributed by atoms with van der Waals surface area (Å²) in [4.78, 5) is 0.862. The number of rotatable bonds is 3. The van der Waals surface area contributed by atoms with Gasteiger partial charge in [-0.2, -0.15) is 0 Å². The molecular weight excluding hydrogens is 232 g/mol. The number of benzene rings is 1. The van der Waals surface area contributed by atoms with Crippen LogP contribution in [0.4, 0.5) is 0 Å². The van der Waals surface area contributed by atoms with Crippen molar-refractivity contribution in [3.8, 4) is 0 Å². The highest BCUT2D eigenvalue weighted by Gasteiger charge is 2.19. The van der Waals surface area contributed by atoms with Crippen LogP contribution in [0.2, 0.25) is 0 Å². The molecule has 2 aromatic rings. The van der Waals surface area contributed by atoms with Crippen molar-refractivity contribution < 1.29 is 5.11 Å². The summed E-state index contributed by atoms with van der Waals surface area (Å²) in [7, 11) is 0. The van der Waals surface area contributed by atoms with E-state index in [1.165, 1.54) is 11.5 Å². The van der Waals surface area contributed by atoms with Crippen molar-refractivity contribution >= 4 is 11.5 Å². The summed E-state index contributed by atoms with van der Waals surface area (Å²) in [5, 5.41) is 14.5. The molecule has 2 rings (SSSR count). The molecule has 1 aromatic heterocycles. The first-order valence-corrected chi connectivity index (χ1v) is 6.47. The van der Waals surface area contributed by atoms with Gasteiger partial charge >= 0.3 is 0 Å². The molecule has 0 aliphatic heterocycles. The summed E-state index contributed by atoms with van der Waals surface area (Å²) in [6, 6.07) is 6.12. The minimum Gasteiger partial charge on any atom is -0.383 e. The highest BCUT2D eigenvalue weighted by Crippen LogP contribution is 2.29. The molecule has 0 fully saturated rings. The maximum atomic E-state index is 10.4. The van der Waals surface area contributed by atoms with Gasteiger partial charge in [-0.25, -0.2) is 0 Å². The van der Waals surface area contributed by atoms with E-state index >= 15 is 0 Å². The normalized spacial score (nSPS) is 12.7. The van der Waals surface area contributed by atoms with E-state index in [2.05, 4.69) is 15.7 Å². The first kappa shape index (κ1) is 12.2. The van der Waals surface area contributed by atoms with Crippen molar-refractivity contribution in [3.63, 3.8) is 0 Å². The van der Waals surface area contributed by atoms with E-state index in [0.717, 1.165) is 33.7 Å². The summed E-state index contributed by atoms with van der Waals surface area (Å²) < 4.78 is 3.92. The van der Waals surface area contributed by atoms with E-state index in [4.69, 9.17) is 0 Å². The molecule has 1 atom stereocenters. The maximum Gasteiger partial charge on any atom is 0.117 e. The Balaban J connectivity index is 2.43. The predicted molar refractivity (Wildman–Crippen MR) is 69.3 cm³/mol. The fourth-order valence-electron chi connectivity index (χ4n) is 1.86. The summed E-state index contributed by atoms with van der Waals surface area (Å²) in [5.74, 6) is 0. The van der Waals surface area contributed by atoms with Gasteiger partial charge in [-0.05, 0) is 42.9 Å². The topological polar surface area (TPSA) is 46.0 Å². The van der Waals surface area contributed by atoms with E-state index < -0.39 is 6.10 Å². The zero-order valence-corrected chi connectivity index (χ0v) is 11.1. The van der Waals surface area contributed by atoms with Crippen molar-refractivity contribution in [2.75, 3.05) is 0 Å². The summed E-state index contributed by atoms with van der Waals surface area (Å²) >= 11 is 1.28. The molecule has 0 saturated heterocycles. The molecule has 4 heteroatoms. The number of aryl methyl sites for hydroxylation is 3. The number of hydrogen-bond donors (Lipinski definition) is 1. The Bertz CT molecular complexity index is 522. The number of aromatic nitrogens is 2. The monoisotopic (exact) mass is 248 g/mol. The van der Waals surface area contributed by atoms with Crippen LogP contribution >= 0.6 is 11.5 Å². The molecule has 1 aromatic carbocycles. The Labute approximate surface area is 105 Å². The lowest BCUT2D eigenvalue weighted by Gasteiger charge is -2.13. The number of aliphatic hydroxyl groups excluding tert-OH is 1. The molecule has 0 aliphatic carbocycles. The summed E-state index contributed by atoms with van der Waals surface area (Å²) in [5.41, 5.74) is 4.09. The first-order chi connectivity index (χ1) is 8.13. The van der Waals surface area contributed by atoms with Gasteiger partial charge in [0.1, 0.15) is 6.10 Å². The fourth-order valence-corrected chi connectivity index (χ4v) is 2.61. The van der Waals surface area contributed by atoms with Gasteiger partial charge in [0.2, 0.25) is 0 Å². The first-order valence-electron chi connectivity index (χ1n) is 5.69. The third kappa shape index (κ3) is 2.37. The van der Waals surface area contributed by atoms with Gasteiger partial charge in [-0.3, -0.25) is 0 Å². The summed E-state index contributed by atoms with van der Waals surface area (Å²) in [6.45, 7) is 6.06. The van der Waals surface area contributed by atoms with Crippen LogP contribution < -0.4 is 0 Å². The van der Waals surface area contributed by atoms with E-state index in [0.29, 0.717) is 0 Å². The highest BCUT2D eigenvalue weighted by molar-refractivity contribution is 7.05. The molecule has 1 N–H and O–H groups in total. The van der Waals surface area contributed by atoms with Gasteiger partial charge in [0.05, 0.1) is 10.6 Å². The average Bonchev–Trinajstić information content (AvgIpc) is 2.79. The lowest BCUT2D eigenvalue weighted by molar-refractivity contribution is 0.222. The predicted octanol–water partition coefficient (Wildman–Crippen LogP) is 2.80. The van der Waals surface area contributed by atoms with E-state index in [1.54, 1.807) is 0 Å². The second-order valence-corrected chi connectivity index (χ2v) is 4.99. The number of hydrogen-bond acceptors (Lipinski definition) is 4. The Hall–Kier alpha value is -1.26. The zero-order valence-electron chi connectivity index (χ0n) is 10.3. The molecule has 0 saturated carbocycles. The van der Waals surface area contributed by atoms with Crippen LogP contribution in [0, 0.1) is 13.8 Å². The minimum atomic E-state index is -0.607. The molecule has 0 radical (unpaired) electrons. The lowest BCUT2D eigenvalue weighted by Crippen LogP contribution is -2.03. The van der Waals surface area contributed by atoms with Gasteiger partial charge in [0.15, 0.2) is 0 Å². The Morgan fingerprint density at radius 2 is 2.12 bits per heavy atom. The van der Waals surface area contributed by atoms with Crippen molar-refractivity contribution in [1.82, 2.24) is 9.59 Å². The van der Waals surface area contributed by atoms with Crippen molar-refractivity contribution in [2.24, 2.45) is 0 Å². The molecule has 0 aliphatic rings. The molecule has 1 heterocycles. The molecule has 0 spiro atoms. The van der Waals surface area contributed by atoms with Gasteiger partial charge < -0.3 is 5.11 Å². The Morgan fingerprint density at radius 3 is 2.82 bits per heavy atom. The van der Waals surface area contributed by atoms with Crippen molar-refractivity contribution in [3.05, 3.63) is 45.5 Å². The smallest absolute Gasteiger partial charge is 0.117 e. The second-order valence-electron chi connectivity index (χ2n) is 4.20. The van der Waals surface area contributed by atoms with Gasteiger partial charge in [0.25, 0.3) is 0 Å². The van der Waals surface area contributed by atoms with Crippen LogP contribution in [0.3, 0.4) is 0 Å². The maximum absolute atomic E-state index is 10.4. The van der Waals surface area contributed by atoms with Gasteiger partial charge in [-0.15, -0.1) is 5.10 Å². The molecule has 17 heavy (non-hydrogen) atoms. The van der Waals surface area contributed by atoms with Gasteiger partial charge in [0, 0.05) is 0 Å². The molecule has 90 valence electrons. The molecule has 1 unspecified atom stereocenters. The van der Waals surface area contributed by atoms with Crippen LogP contribution in [0.5, 0.6) is 0 Å². The van der Waals surface area contributed by atoms with Crippen LogP contribution in [-0.4, -0.2) is 14.7 Å². The van der Waals surface area contributed by atoms with Crippen LogP contribution in [0.25, 0.3) is 0 Å². The van der Waals surface area contributed by atoms with E-state index in [9.17, 15) is 5.11 Å². The third-order valence-corrected chi connectivity index (χ3v) is 3.72. The quantitative estimate of drug-likeness (QED) is 0.908. The number of aliphatic hydroxyl groups is 1. The molecular formula is C13H16N2OS. The largest absolute Gasteiger partial charge is 0.383 e. The molecule has 0 bridgehead atoms. The summed E-state index contributed by atoms with van der Waals surface area (Å²) in [6.07, 6.45) is 0.193. The minimum absolute atomic E-state index is 0.607. The standard InChI is InChI=1S/C13H16N2OS/c1-4-11-13(17-15-14-11)12(16)10-7-8(2)5-6-9(10)3/h5-7,12,16H,4H2,1-3H3. The van der Waals surface area contributed by atoms with E-state index in [1.807, 2.05) is 32.9 Å². The Morgan fingerprint density at radius 1 is 1.35 bits per heavy atom. The highest BCUT2D eigenvalue weighted by atomic mass is 32.1. The van der Waals surface area contributed by atoms with Crippen molar-refractivity contribution in [1.29, 1.82) is 0 Å². The third-order valence-electron chi connectivity index (χ3n) is 2.90. The van der Waals surface area contributed by atoms with Gasteiger partial charge in [-0.1, -0.05) is 35.2 Å².